The number of pyridine rings is 1. The van der Waals surface area contributed by atoms with E-state index >= 15 is 0 Å². The predicted octanol–water partition coefficient (Wildman–Crippen LogP) is 0.924. The van der Waals surface area contributed by atoms with Crippen LogP contribution >= 0.6 is 0 Å². The van der Waals surface area contributed by atoms with Gasteiger partial charge in [-0.3, -0.25) is 24.8 Å². The Hall–Kier alpha value is -2.50. The number of amides is 3. The van der Waals surface area contributed by atoms with Gasteiger partial charge in [0, 0.05) is 18.0 Å². The van der Waals surface area contributed by atoms with Gasteiger partial charge < -0.3 is 0 Å². The lowest BCUT2D eigenvalue weighted by atomic mass is 9.85. The molecule has 2 heterocycles. The van der Waals surface area contributed by atoms with Gasteiger partial charge in [0.25, 0.3) is 17.7 Å². The molecule has 1 saturated heterocycles. The number of rotatable bonds is 2. The zero-order valence-corrected chi connectivity index (χ0v) is 12.3. The van der Waals surface area contributed by atoms with Gasteiger partial charge in [0.15, 0.2) is 0 Å². The van der Waals surface area contributed by atoms with Crippen molar-refractivity contribution >= 4 is 17.7 Å². The molecule has 3 aliphatic carbocycles. The molecule has 4 atom stereocenters. The largest absolute Gasteiger partial charge is 0.272 e. The smallest absolute Gasteiger partial charge is 0.270 e. The summed E-state index contributed by atoms with van der Waals surface area (Å²) >= 11 is 0. The monoisotopic (exact) mass is 309 g/mol. The predicted molar refractivity (Wildman–Crippen MR) is 78.3 cm³/mol. The van der Waals surface area contributed by atoms with Crippen LogP contribution in [0.1, 0.15) is 23.2 Å². The van der Waals surface area contributed by atoms with Crippen molar-refractivity contribution in [2.45, 2.75) is 12.8 Å². The molecular formula is C17H15N3O3. The quantitative estimate of drug-likeness (QED) is 0.651. The molecule has 2 saturated carbocycles. The fraction of sp³-hybridized carbons (Fsp3) is 0.412. The van der Waals surface area contributed by atoms with Gasteiger partial charge in [-0.2, -0.15) is 5.01 Å². The van der Waals surface area contributed by atoms with Crippen LogP contribution in [0, 0.1) is 29.1 Å². The molecule has 5 rings (SSSR count). The van der Waals surface area contributed by atoms with Crippen LogP contribution < -0.4 is 5.43 Å². The number of nitrogens with zero attached hydrogens (tertiary/aromatic N) is 2. The van der Waals surface area contributed by atoms with E-state index in [-0.39, 0.29) is 40.9 Å². The van der Waals surface area contributed by atoms with Crippen molar-refractivity contribution in [3.8, 4) is 0 Å². The minimum atomic E-state index is -0.462. The maximum atomic E-state index is 12.7. The van der Waals surface area contributed by atoms with Crippen LogP contribution in [0.15, 0.2) is 36.7 Å². The van der Waals surface area contributed by atoms with Crippen LogP contribution in [-0.4, -0.2) is 27.7 Å². The summed E-state index contributed by atoms with van der Waals surface area (Å²) in [6.45, 7) is 0. The lowest BCUT2D eigenvalue weighted by Crippen LogP contribution is -2.47. The molecule has 1 aliphatic heterocycles. The number of allylic oxidation sites excluding steroid dienone is 2. The highest BCUT2D eigenvalue weighted by Gasteiger charge is 2.73. The minimum Gasteiger partial charge on any atom is -0.272 e. The Bertz CT molecular complexity index is 735. The zero-order chi connectivity index (χ0) is 15.8. The Labute approximate surface area is 132 Å². The van der Waals surface area contributed by atoms with Crippen molar-refractivity contribution in [3.05, 3.63) is 42.2 Å². The highest BCUT2D eigenvalue weighted by molar-refractivity contribution is 6.09. The fourth-order valence-corrected chi connectivity index (χ4v) is 4.86. The first kappa shape index (κ1) is 13.0. The van der Waals surface area contributed by atoms with E-state index in [2.05, 4.69) is 22.6 Å². The van der Waals surface area contributed by atoms with E-state index in [1.54, 1.807) is 12.1 Å². The van der Waals surface area contributed by atoms with Gasteiger partial charge in [-0.15, -0.1) is 0 Å². The number of hydrogen-bond donors (Lipinski definition) is 1. The Balaban J connectivity index is 1.42. The summed E-state index contributed by atoms with van der Waals surface area (Å²) < 4.78 is 0. The van der Waals surface area contributed by atoms with Crippen LogP contribution in [0.4, 0.5) is 0 Å². The summed E-state index contributed by atoms with van der Waals surface area (Å²) in [6, 6.07) is 3.09. The fourth-order valence-electron chi connectivity index (χ4n) is 4.86. The van der Waals surface area contributed by atoms with Gasteiger partial charge in [-0.25, -0.2) is 0 Å². The molecule has 1 spiro atoms. The van der Waals surface area contributed by atoms with Gasteiger partial charge in [-0.1, -0.05) is 12.2 Å². The molecule has 116 valence electrons. The van der Waals surface area contributed by atoms with Gasteiger partial charge in [0.1, 0.15) is 0 Å². The lowest BCUT2D eigenvalue weighted by Gasteiger charge is -2.21. The van der Waals surface area contributed by atoms with E-state index in [1.165, 1.54) is 12.4 Å². The summed E-state index contributed by atoms with van der Waals surface area (Å²) in [4.78, 5) is 41.5. The molecule has 6 nitrogen and oxygen atoms in total. The summed E-state index contributed by atoms with van der Waals surface area (Å²) in [5.41, 5.74) is 3.02. The third-order valence-corrected chi connectivity index (χ3v) is 6.01. The summed E-state index contributed by atoms with van der Waals surface area (Å²) in [5, 5.41) is 0.945. The SMILES string of the molecule is O=C(NN1C(=O)[C@@H]2[C@@H](C1=O)[C@@H]1C=C[C@@H]2C12CC2)c1ccncc1. The molecule has 1 aromatic heterocycles. The number of imide groups is 1. The van der Waals surface area contributed by atoms with Crippen LogP contribution in [-0.2, 0) is 9.59 Å². The van der Waals surface area contributed by atoms with Gasteiger partial charge in [-0.05, 0) is 42.2 Å². The standard InChI is InChI=1S/C17H15N3O3/c21-14(9-3-7-18-8-4-9)19-20-15(22)12-10-1-2-11(13(12)16(20)23)17(10)5-6-17/h1-4,7-8,10-13H,5-6H2,(H,19,21)/t10-,11-,12-,13-/m0/s1. The summed E-state index contributed by atoms with van der Waals surface area (Å²) in [7, 11) is 0. The van der Waals surface area contributed by atoms with E-state index in [0.717, 1.165) is 17.9 Å². The second kappa shape index (κ2) is 4.07. The summed E-state index contributed by atoms with van der Waals surface area (Å²) in [5.74, 6) is -1.24. The van der Waals surface area contributed by atoms with Crippen LogP contribution in [0.25, 0.3) is 0 Å². The average molecular weight is 309 g/mol. The molecule has 4 aliphatic rings. The minimum absolute atomic E-state index is 0.164. The third kappa shape index (κ3) is 1.48. The Kier molecular flexibility index (Phi) is 2.30. The molecule has 1 N–H and O–H groups in total. The topological polar surface area (TPSA) is 79.4 Å². The Morgan fingerprint density at radius 2 is 1.65 bits per heavy atom. The maximum absolute atomic E-state index is 12.7. The Morgan fingerprint density at radius 3 is 2.17 bits per heavy atom. The Morgan fingerprint density at radius 1 is 1.09 bits per heavy atom. The van der Waals surface area contributed by atoms with Gasteiger partial charge in [0.05, 0.1) is 11.8 Å². The van der Waals surface area contributed by atoms with E-state index in [4.69, 9.17) is 0 Å². The van der Waals surface area contributed by atoms with Gasteiger partial charge >= 0.3 is 0 Å². The van der Waals surface area contributed by atoms with Crippen molar-refractivity contribution in [2.75, 3.05) is 0 Å². The molecule has 3 amide bonds. The highest BCUT2D eigenvalue weighted by Crippen LogP contribution is 2.73. The second-order valence-corrected chi connectivity index (χ2v) is 6.91. The third-order valence-electron chi connectivity index (χ3n) is 6.01. The molecule has 2 bridgehead atoms. The van der Waals surface area contributed by atoms with Crippen LogP contribution in [0.2, 0.25) is 0 Å². The molecule has 3 fully saturated rings. The molecule has 0 aromatic carbocycles. The first-order valence-corrected chi connectivity index (χ1v) is 7.91. The van der Waals surface area contributed by atoms with E-state index in [0.29, 0.717) is 5.56 Å². The number of nitrogens with one attached hydrogen (secondary N) is 1. The second-order valence-electron chi connectivity index (χ2n) is 6.91. The highest BCUT2D eigenvalue weighted by atomic mass is 16.2. The van der Waals surface area contributed by atoms with Crippen molar-refractivity contribution in [1.29, 1.82) is 0 Å². The van der Waals surface area contributed by atoms with E-state index < -0.39 is 5.91 Å². The molecule has 0 unspecified atom stereocenters. The summed E-state index contributed by atoms with van der Waals surface area (Å²) in [6.07, 6.45) is 9.42. The molecule has 23 heavy (non-hydrogen) atoms. The van der Waals surface area contributed by atoms with Crippen LogP contribution in [0.5, 0.6) is 0 Å². The number of hydrogen-bond acceptors (Lipinski definition) is 4. The first-order chi connectivity index (χ1) is 11.1. The van der Waals surface area contributed by atoms with E-state index in [1.807, 2.05) is 0 Å². The number of carbonyl (C=O) groups is 3. The number of carbonyl (C=O) groups excluding carboxylic acids is 3. The number of hydrazine groups is 1. The molecule has 1 aromatic rings. The lowest BCUT2D eigenvalue weighted by molar-refractivity contribution is -0.144. The van der Waals surface area contributed by atoms with Crippen molar-refractivity contribution < 1.29 is 14.4 Å². The number of aromatic nitrogens is 1. The van der Waals surface area contributed by atoms with Crippen molar-refractivity contribution in [2.24, 2.45) is 29.1 Å². The van der Waals surface area contributed by atoms with Crippen molar-refractivity contribution in [1.82, 2.24) is 15.4 Å². The number of fused-ring (bicyclic) bond motifs is 3. The normalized spacial score (nSPS) is 35.0. The van der Waals surface area contributed by atoms with E-state index in [9.17, 15) is 14.4 Å². The average Bonchev–Trinajstić information content (AvgIpc) is 3.18. The van der Waals surface area contributed by atoms with Crippen LogP contribution in [0.3, 0.4) is 0 Å². The van der Waals surface area contributed by atoms with Gasteiger partial charge in [0.2, 0.25) is 0 Å². The van der Waals surface area contributed by atoms with Crippen molar-refractivity contribution in [3.63, 3.8) is 0 Å². The molecule has 6 heteroatoms. The molecule has 0 radical (unpaired) electrons. The zero-order valence-electron chi connectivity index (χ0n) is 12.3. The first-order valence-electron chi connectivity index (χ1n) is 7.91. The maximum Gasteiger partial charge on any atom is 0.270 e. The molecular weight excluding hydrogens is 294 g/mol.